The first-order valence-corrected chi connectivity index (χ1v) is 6.64. The lowest BCUT2D eigenvalue weighted by Gasteiger charge is -2.01. The maximum atomic E-state index is 10.9. The highest BCUT2D eigenvalue weighted by Crippen LogP contribution is 2.33. The summed E-state index contributed by atoms with van der Waals surface area (Å²) >= 11 is 9.98. The average Bonchev–Trinajstić information content (AvgIpc) is 2.34. The molecule has 0 N–H and O–H groups in total. The van der Waals surface area contributed by atoms with Gasteiger partial charge in [0.15, 0.2) is 5.03 Å². The highest BCUT2D eigenvalue weighted by atomic mass is 79.9. The number of hydrogen-bond donors (Lipinski definition) is 0. The van der Waals surface area contributed by atoms with E-state index in [1.165, 1.54) is 18.5 Å². The molecule has 0 bridgehead atoms. The molecule has 0 aliphatic rings. The fourth-order valence-corrected chi connectivity index (χ4v) is 2.36. The molecule has 0 saturated carbocycles. The minimum absolute atomic E-state index is 0.0638. The van der Waals surface area contributed by atoms with Crippen LogP contribution in [0, 0.1) is 10.1 Å². The second-order valence-corrected chi connectivity index (χ2v) is 5.51. The zero-order valence-electron chi connectivity index (χ0n) is 8.71. The van der Waals surface area contributed by atoms with Gasteiger partial charge in [-0.15, -0.1) is 0 Å². The molecule has 0 radical (unpaired) electrons. The van der Waals surface area contributed by atoms with Crippen LogP contribution in [-0.4, -0.2) is 14.9 Å². The summed E-state index contributed by atoms with van der Waals surface area (Å²) in [7, 11) is 0. The van der Waals surface area contributed by atoms with Crippen molar-refractivity contribution in [2.24, 2.45) is 0 Å². The molecule has 0 spiro atoms. The van der Waals surface area contributed by atoms with E-state index in [9.17, 15) is 10.1 Å². The van der Waals surface area contributed by atoms with E-state index in [0.29, 0.717) is 14.5 Å². The largest absolute Gasteiger partial charge is 0.302 e. The predicted octanol–water partition coefficient (Wildman–Crippen LogP) is 3.95. The number of nitro groups is 1. The van der Waals surface area contributed by atoms with Gasteiger partial charge in [-0.1, -0.05) is 11.6 Å². The first-order chi connectivity index (χ1) is 8.56. The molecule has 92 valence electrons. The van der Waals surface area contributed by atoms with E-state index >= 15 is 0 Å². The average molecular weight is 347 g/mol. The van der Waals surface area contributed by atoms with Gasteiger partial charge >= 0.3 is 5.69 Å². The Hall–Kier alpha value is -1.18. The van der Waals surface area contributed by atoms with Crippen molar-refractivity contribution in [1.29, 1.82) is 0 Å². The molecule has 18 heavy (non-hydrogen) atoms. The lowest BCUT2D eigenvalue weighted by atomic mass is 10.4. The van der Waals surface area contributed by atoms with Gasteiger partial charge < -0.3 is 0 Å². The molecule has 2 rings (SSSR count). The molecule has 2 aromatic heterocycles. The smallest absolute Gasteiger partial charge is 0.258 e. The molecule has 0 amide bonds. The fourth-order valence-electron chi connectivity index (χ4n) is 1.15. The van der Waals surface area contributed by atoms with Crippen molar-refractivity contribution in [3.63, 3.8) is 0 Å². The van der Waals surface area contributed by atoms with Crippen molar-refractivity contribution in [2.75, 3.05) is 0 Å². The lowest BCUT2D eigenvalue weighted by molar-refractivity contribution is -0.388. The summed E-state index contributed by atoms with van der Waals surface area (Å²) in [6.45, 7) is 0. The number of aromatic nitrogens is 2. The van der Waals surface area contributed by atoms with Gasteiger partial charge in [-0.3, -0.25) is 10.1 Å². The third-order valence-electron chi connectivity index (χ3n) is 1.90. The van der Waals surface area contributed by atoms with E-state index in [1.807, 2.05) is 0 Å². The maximum Gasteiger partial charge on any atom is 0.302 e. The summed E-state index contributed by atoms with van der Waals surface area (Å²) in [6, 6.07) is 4.76. The standard InChI is InChI=1S/C10H5BrClN3O2S/c11-6-3-8(15(16)17)10(14-4-6)18-9-2-1-7(12)5-13-9/h1-5H. The van der Waals surface area contributed by atoms with Crippen molar-refractivity contribution >= 4 is 45.0 Å². The van der Waals surface area contributed by atoms with Crippen molar-refractivity contribution in [3.8, 4) is 0 Å². The summed E-state index contributed by atoms with van der Waals surface area (Å²) in [4.78, 5) is 18.5. The van der Waals surface area contributed by atoms with Crippen molar-refractivity contribution in [1.82, 2.24) is 9.97 Å². The van der Waals surface area contributed by atoms with Crippen LogP contribution in [0.3, 0.4) is 0 Å². The van der Waals surface area contributed by atoms with E-state index in [2.05, 4.69) is 25.9 Å². The van der Waals surface area contributed by atoms with Gasteiger partial charge in [-0.05, 0) is 39.8 Å². The fraction of sp³-hybridized carbons (Fsp3) is 0. The van der Waals surface area contributed by atoms with Gasteiger partial charge in [-0.2, -0.15) is 0 Å². The summed E-state index contributed by atoms with van der Waals surface area (Å²) in [6.07, 6.45) is 2.99. The highest BCUT2D eigenvalue weighted by Gasteiger charge is 2.17. The molecule has 0 aliphatic heterocycles. The molecule has 2 aromatic rings. The van der Waals surface area contributed by atoms with Crippen LogP contribution in [0.5, 0.6) is 0 Å². The number of nitrogens with zero attached hydrogens (tertiary/aromatic N) is 3. The topological polar surface area (TPSA) is 68.9 Å². The van der Waals surface area contributed by atoms with E-state index < -0.39 is 4.92 Å². The third-order valence-corrected chi connectivity index (χ3v) is 3.51. The Morgan fingerprint density at radius 1 is 1.33 bits per heavy atom. The van der Waals surface area contributed by atoms with Crippen molar-refractivity contribution < 1.29 is 4.92 Å². The summed E-state index contributed by atoms with van der Waals surface area (Å²) in [5, 5.41) is 12.3. The zero-order chi connectivity index (χ0) is 13.1. The summed E-state index contributed by atoms with van der Waals surface area (Å²) in [5.41, 5.74) is -0.0638. The molecular weight excluding hydrogens is 342 g/mol. The van der Waals surface area contributed by atoms with Crippen LogP contribution in [0.4, 0.5) is 5.69 Å². The van der Waals surface area contributed by atoms with Gasteiger partial charge in [0.1, 0.15) is 5.03 Å². The molecule has 5 nitrogen and oxygen atoms in total. The van der Waals surface area contributed by atoms with Gasteiger partial charge in [0.2, 0.25) is 0 Å². The van der Waals surface area contributed by atoms with Crippen LogP contribution < -0.4 is 0 Å². The normalized spacial score (nSPS) is 10.3. The first kappa shape index (κ1) is 13.3. The maximum absolute atomic E-state index is 10.9. The van der Waals surface area contributed by atoms with E-state index in [4.69, 9.17) is 11.6 Å². The van der Waals surface area contributed by atoms with Gasteiger partial charge in [0, 0.05) is 22.9 Å². The summed E-state index contributed by atoms with van der Waals surface area (Å²) < 4.78 is 0.558. The molecular formula is C10H5BrClN3O2S. The molecule has 0 aromatic carbocycles. The Kier molecular flexibility index (Phi) is 4.15. The van der Waals surface area contributed by atoms with Crippen LogP contribution >= 0.6 is 39.3 Å². The lowest BCUT2D eigenvalue weighted by Crippen LogP contribution is -1.93. The van der Waals surface area contributed by atoms with Gasteiger partial charge in [-0.25, -0.2) is 9.97 Å². The number of hydrogen-bond acceptors (Lipinski definition) is 5. The van der Waals surface area contributed by atoms with E-state index in [0.717, 1.165) is 11.8 Å². The molecule has 0 fully saturated rings. The number of rotatable bonds is 3. The molecule has 0 atom stereocenters. The van der Waals surface area contributed by atoms with Crippen molar-refractivity contribution in [3.05, 3.63) is 50.2 Å². The first-order valence-electron chi connectivity index (χ1n) is 4.65. The molecule has 0 saturated heterocycles. The Bertz CT molecular complexity index is 594. The predicted molar refractivity (Wildman–Crippen MR) is 72.0 cm³/mol. The molecule has 0 unspecified atom stereocenters. The Morgan fingerprint density at radius 3 is 2.72 bits per heavy atom. The minimum atomic E-state index is -0.476. The quantitative estimate of drug-likeness (QED) is 0.621. The third kappa shape index (κ3) is 3.18. The monoisotopic (exact) mass is 345 g/mol. The van der Waals surface area contributed by atoms with Crippen LogP contribution in [-0.2, 0) is 0 Å². The number of pyridine rings is 2. The molecule has 0 aliphatic carbocycles. The second kappa shape index (κ2) is 5.64. The van der Waals surface area contributed by atoms with Crippen LogP contribution in [0.2, 0.25) is 5.02 Å². The highest BCUT2D eigenvalue weighted by molar-refractivity contribution is 9.10. The Labute approximate surface area is 120 Å². The zero-order valence-corrected chi connectivity index (χ0v) is 11.9. The van der Waals surface area contributed by atoms with Gasteiger partial charge in [0.25, 0.3) is 0 Å². The number of halogens is 2. The molecule has 8 heteroatoms. The van der Waals surface area contributed by atoms with E-state index in [-0.39, 0.29) is 10.7 Å². The Morgan fingerprint density at radius 2 is 2.11 bits per heavy atom. The second-order valence-electron chi connectivity index (χ2n) is 3.15. The van der Waals surface area contributed by atoms with Crippen molar-refractivity contribution in [2.45, 2.75) is 10.1 Å². The Balaban J connectivity index is 2.34. The summed E-state index contributed by atoms with van der Waals surface area (Å²) in [5.74, 6) is 0. The van der Waals surface area contributed by atoms with Crippen LogP contribution in [0.15, 0.2) is 45.1 Å². The van der Waals surface area contributed by atoms with E-state index in [1.54, 1.807) is 12.1 Å². The molecule has 2 heterocycles. The SMILES string of the molecule is O=[N+]([O-])c1cc(Br)cnc1Sc1ccc(Cl)cn1. The van der Waals surface area contributed by atoms with Crippen LogP contribution in [0.25, 0.3) is 0 Å². The van der Waals surface area contributed by atoms with Crippen LogP contribution in [0.1, 0.15) is 0 Å². The minimum Gasteiger partial charge on any atom is -0.258 e. The van der Waals surface area contributed by atoms with Gasteiger partial charge in [0.05, 0.1) is 9.95 Å².